The van der Waals surface area contributed by atoms with Crippen LogP contribution >= 0.6 is 0 Å². The summed E-state index contributed by atoms with van der Waals surface area (Å²) in [6.07, 6.45) is 0. The quantitative estimate of drug-likeness (QED) is 0.750. The van der Waals surface area contributed by atoms with Gasteiger partial charge in [0, 0.05) is 32.4 Å². The maximum atomic E-state index is 12.3. The van der Waals surface area contributed by atoms with Crippen LogP contribution in [0, 0.1) is 0 Å². The molecule has 0 aliphatic heterocycles. The zero-order valence-corrected chi connectivity index (χ0v) is 14.2. The predicted molar refractivity (Wildman–Crippen MR) is 98.3 cm³/mol. The Bertz CT molecular complexity index is 909. The highest BCUT2D eigenvalue weighted by molar-refractivity contribution is 5.92. The maximum Gasteiger partial charge on any atom is 0.271 e. The highest BCUT2D eigenvalue weighted by Gasteiger charge is 2.11. The van der Waals surface area contributed by atoms with Gasteiger partial charge >= 0.3 is 0 Å². The molecule has 128 valence electrons. The zero-order valence-electron chi connectivity index (χ0n) is 14.2. The van der Waals surface area contributed by atoms with Crippen LogP contribution < -0.4 is 15.8 Å². The summed E-state index contributed by atoms with van der Waals surface area (Å²) in [5.41, 5.74) is 2.74. The average molecular weight is 336 g/mol. The first kappa shape index (κ1) is 16.6. The third-order valence-corrected chi connectivity index (χ3v) is 3.89. The van der Waals surface area contributed by atoms with Crippen molar-refractivity contribution in [2.75, 3.05) is 19.0 Å². The summed E-state index contributed by atoms with van der Waals surface area (Å²) in [6, 6.07) is 18.4. The number of rotatable bonds is 5. The van der Waals surface area contributed by atoms with E-state index in [9.17, 15) is 9.59 Å². The Kier molecular flexibility index (Phi) is 4.70. The summed E-state index contributed by atoms with van der Waals surface area (Å²) in [6.45, 7) is 0.394. The van der Waals surface area contributed by atoms with Gasteiger partial charge in [0.1, 0.15) is 5.69 Å². The minimum Gasteiger partial charge on any atom is -0.378 e. The van der Waals surface area contributed by atoms with Crippen molar-refractivity contribution in [1.82, 2.24) is 15.1 Å². The van der Waals surface area contributed by atoms with Crippen LogP contribution in [0.5, 0.6) is 0 Å². The predicted octanol–water partition coefficient (Wildman–Crippen LogP) is 2.16. The third kappa shape index (κ3) is 3.80. The van der Waals surface area contributed by atoms with Crippen LogP contribution in [0.25, 0.3) is 5.69 Å². The molecule has 0 bridgehead atoms. The first-order chi connectivity index (χ1) is 12.0. The largest absolute Gasteiger partial charge is 0.378 e. The lowest BCUT2D eigenvalue weighted by molar-refractivity contribution is 0.0945. The fraction of sp³-hybridized carbons (Fsp3) is 0.158. The molecule has 2 N–H and O–H groups in total. The fourth-order valence-corrected chi connectivity index (χ4v) is 2.47. The minimum absolute atomic E-state index is 0.235. The first-order valence-corrected chi connectivity index (χ1v) is 7.96. The number of para-hydroxylation sites is 1. The normalized spacial score (nSPS) is 10.5. The van der Waals surface area contributed by atoms with Crippen molar-refractivity contribution in [2.24, 2.45) is 0 Å². The van der Waals surface area contributed by atoms with Crippen LogP contribution in [0.3, 0.4) is 0 Å². The standard InChI is InChI=1S/C19H20N4O2/c1-22(2)15-10-8-14(9-11-15)13-20-19(25)17-12-18(24)23(21-17)16-6-4-3-5-7-16/h3-12,21H,13H2,1-2H3,(H,20,25). The molecule has 0 saturated heterocycles. The van der Waals surface area contributed by atoms with E-state index in [0.29, 0.717) is 12.2 Å². The van der Waals surface area contributed by atoms with E-state index in [1.165, 1.54) is 10.7 Å². The van der Waals surface area contributed by atoms with E-state index in [0.717, 1.165) is 11.3 Å². The van der Waals surface area contributed by atoms with E-state index in [-0.39, 0.29) is 17.2 Å². The second-order valence-electron chi connectivity index (χ2n) is 5.92. The van der Waals surface area contributed by atoms with E-state index in [4.69, 9.17) is 0 Å². The van der Waals surface area contributed by atoms with Crippen molar-refractivity contribution in [3.05, 3.63) is 82.3 Å². The van der Waals surface area contributed by atoms with Gasteiger partial charge in [-0.25, -0.2) is 4.68 Å². The minimum atomic E-state index is -0.316. The summed E-state index contributed by atoms with van der Waals surface area (Å²) in [4.78, 5) is 26.4. The number of aromatic amines is 1. The van der Waals surface area contributed by atoms with Crippen molar-refractivity contribution in [3.8, 4) is 5.69 Å². The number of H-pyrrole nitrogens is 1. The van der Waals surface area contributed by atoms with Gasteiger partial charge in [-0.1, -0.05) is 30.3 Å². The molecule has 6 nitrogen and oxygen atoms in total. The molecule has 0 aliphatic carbocycles. The Morgan fingerprint density at radius 1 is 1.08 bits per heavy atom. The van der Waals surface area contributed by atoms with Gasteiger partial charge in [-0.15, -0.1) is 0 Å². The van der Waals surface area contributed by atoms with Crippen molar-refractivity contribution in [3.63, 3.8) is 0 Å². The number of carbonyl (C=O) groups is 1. The number of hydrogen-bond donors (Lipinski definition) is 2. The lowest BCUT2D eigenvalue weighted by Gasteiger charge is -2.12. The van der Waals surface area contributed by atoms with Crippen molar-refractivity contribution >= 4 is 11.6 Å². The molecule has 3 rings (SSSR count). The molecule has 1 amide bonds. The SMILES string of the molecule is CN(C)c1ccc(CNC(=O)c2cc(=O)n(-c3ccccc3)[nH]2)cc1. The third-order valence-electron chi connectivity index (χ3n) is 3.89. The van der Waals surface area contributed by atoms with Crippen LogP contribution in [0.2, 0.25) is 0 Å². The van der Waals surface area contributed by atoms with E-state index in [1.807, 2.05) is 61.5 Å². The van der Waals surface area contributed by atoms with Gasteiger partial charge in [0.2, 0.25) is 0 Å². The van der Waals surface area contributed by atoms with Gasteiger partial charge in [0.25, 0.3) is 11.5 Å². The van der Waals surface area contributed by atoms with E-state index in [2.05, 4.69) is 10.4 Å². The Hall–Kier alpha value is -3.28. The molecule has 6 heteroatoms. The van der Waals surface area contributed by atoms with Gasteiger partial charge in [-0.05, 0) is 29.8 Å². The highest BCUT2D eigenvalue weighted by Crippen LogP contribution is 2.12. The molecule has 25 heavy (non-hydrogen) atoms. The van der Waals surface area contributed by atoms with E-state index in [1.54, 1.807) is 12.1 Å². The van der Waals surface area contributed by atoms with E-state index < -0.39 is 0 Å². The van der Waals surface area contributed by atoms with Crippen LogP contribution in [-0.2, 0) is 6.54 Å². The van der Waals surface area contributed by atoms with Crippen LogP contribution in [0.1, 0.15) is 16.1 Å². The van der Waals surface area contributed by atoms with Gasteiger partial charge in [-0.3, -0.25) is 14.7 Å². The number of aromatic nitrogens is 2. The molecule has 1 aromatic heterocycles. The monoisotopic (exact) mass is 336 g/mol. The summed E-state index contributed by atoms with van der Waals surface area (Å²) in [5, 5.41) is 5.66. The number of hydrogen-bond acceptors (Lipinski definition) is 3. The molecule has 0 spiro atoms. The number of amides is 1. The lowest BCUT2D eigenvalue weighted by Crippen LogP contribution is -2.23. The van der Waals surface area contributed by atoms with Crippen LogP contribution in [0.4, 0.5) is 5.69 Å². The number of carbonyl (C=O) groups excluding carboxylic acids is 1. The zero-order chi connectivity index (χ0) is 17.8. The Balaban J connectivity index is 1.69. The van der Waals surface area contributed by atoms with Gasteiger partial charge < -0.3 is 10.2 Å². The Morgan fingerprint density at radius 3 is 2.40 bits per heavy atom. The lowest BCUT2D eigenvalue weighted by atomic mass is 10.2. The molecule has 0 fully saturated rings. The fourth-order valence-electron chi connectivity index (χ4n) is 2.47. The molecule has 3 aromatic rings. The Morgan fingerprint density at radius 2 is 1.76 bits per heavy atom. The molecule has 0 saturated carbocycles. The van der Waals surface area contributed by atoms with E-state index >= 15 is 0 Å². The molecular weight excluding hydrogens is 316 g/mol. The molecule has 1 heterocycles. The van der Waals surface area contributed by atoms with Crippen molar-refractivity contribution < 1.29 is 4.79 Å². The topological polar surface area (TPSA) is 70.1 Å². The second kappa shape index (κ2) is 7.09. The summed E-state index contributed by atoms with van der Waals surface area (Å²) < 4.78 is 1.35. The average Bonchev–Trinajstić information content (AvgIpc) is 3.02. The van der Waals surface area contributed by atoms with Crippen LogP contribution in [-0.4, -0.2) is 29.8 Å². The maximum absolute atomic E-state index is 12.3. The highest BCUT2D eigenvalue weighted by atomic mass is 16.2. The Labute approximate surface area is 145 Å². The summed E-state index contributed by atoms with van der Waals surface area (Å²) in [5.74, 6) is -0.316. The molecule has 2 aromatic carbocycles. The first-order valence-electron chi connectivity index (χ1n) is 7.96. The number of nitrogens with one attached hydrogen (secondary N) is 2. The molecule has 0 unspecified atom stereocenters. The summed E-state index contributed by atoms with van der Waals surface area (Å²) >= 11 is 0. The molecule has 0 aliphatic rings. The second-order valence-corrected chi connectivity index (χ2v) is 5.92. The molecule has 0 atom stereocenters. The molecule has 0 radical (unpaired) electrons. The van der Waals surface area contributed by atoms with Gasteiger partial charge in [0.15, 0.2) is 0 Å². The summed E-state index contributed by atoms with van der Waals surface area (Å²) in [7, 11) is 3.95. The van der Waals surface area contributed by atoms with Gasteiger partial charge in [0.05, 0.1) is 5.69 Å². The number of benzene rings is 2. The number of anilines is 1. The van der Waals surface area contributed by atoms with Crippen LogP contribution in [0.15, 0.2) is 65.5 Å². The number of nitrogens with zero attached hydrogens (tertiary/aromatic N) is 2. The van der Waals surface area contributed by atoms with Crippen molar-refractivity contribution in [2.45, 2.75) is 6.54 Å². The van der Waals surface area contributed by atoms with Crippen molar-refractivity contribution in [1.29, 1.82) is 0 Å². The molecular formula is C19H20N4O2. The smallest absolute Gasteiger partial charge is 0.271 e. The van der Waals surface area contributed by atoms with Gasteiger partial charge in [-0.2, -0.15) is 0 Å².